The van der Waals surface area contributed by atoms with E-state index in [0.717, 1.165) is 0 Å². The van der Waals surface area contributed by atoms with Crippen molar-refractivity contribution in [2.24, 2.45) is 13.0 Å². The summed E-state index contributed by atoms with van der Waals surface area (Å²) in [7, 11) is 1.65. The summed E-state index contributed by atoms with van der Waals surface area (Å²) in [6.45, 7) is 0. The number of carbonyl (C=O) groups excluding carboxylic acids is 1. The molecular formula is C7H10N4O. The second-order valence-corrected chi connectivity index (χ2v) is 3.17. The highest BCUT2D eigenvalue weighted by molar-refractivity contribution is 5.92. The third kappa shape index (κ3) is 1.49. The molecule has 2 rings (SSSR count). The van der Waals surface area contributed by atoms with Gasteiger partial charge in [0.25, 0.3) is 0 Å². The van der Waals surface area contributed by atoms with Crippen LogP contribution in [-0.4, -0.2) is 26.0 Å². The molecule has 5 nitrogen and oxygen atoms in total. The lowest BCUT2D eigenvalue weighted by Gasteiger charge is -1.89. The lowest BCUT2D eigenvalue weighted by atomic mass is 10.2. The van der Waals surface area contributed by atoms with Crippen molar-refractivity contribution >= 4 is 5.78 Å². The van der Waals surface area contributed by atoms with Gasteiger partial charge in [-0.05, 0) is 24.0 Å². The third-order valence-corrected chi connectivity index (χ3v) is 1.93. The lowest BCUT2D eigenvalue weighted by Crippen LogP contribution is -2.03. The van der Waals surface area contributed by atoms with E-state index in [9.17, 15) is 4.79 Å². The monoisotopic (exact) mass is 166 g/mol. The molecule has 0 spiro atoms. The number of Topliss-reactive ketones (excluding diaryl/α,β-unsaturated/α-hetero) is 1. The van der Waals surface area contributed by atoms with Crippen molar-refractivity contribution in [3.8, 4) is 0 Å². The van der Waals surface area contributed by atoms with Crippen molar-refractivity contribution in [1.29, 1.82) is 0 Å². The fourth-order valence-electron chi connectivity index (χ4n) is 1.07. The largest absolute Gasteiger partial charge is 0.290 e. The Kier molecular flexibility index (Phi) is 1.64. The standard InChI is InChI=1S/C7H10N4O/c1-11-9-7(8-10-11)6(12)4-5-2-3-5/h5H,2-4H2,1H3. The van der Waals surface area contributed by atoms with Gasteiger partial charge in [-0.2, -0.15) is 4.80 Å². The van der Waals surface area contributed by atoms with Gasteiger partial charge in [0.15, 0.2) is 0 Å². The molecule has 0 unspecified atom stereocenters. The second kappa shape index (κ2) is 2.66. The number of carbonyl (C=O) groups is 1. The minimum Gasteiger partial charge on any atom is -0.290 e. The molecule has 0 amide bonds. The van der Waals surface area contributed by atoms with Crippen molar-refractivity contribution < 1.29 is 4.79 Å². The van der Waals surface area contributed by atoms with E-state index in [2.05, 4.69) is 15.4 Å². The number of tetrazole rings is 1. The Bertz CT molecular complexity index is 302. The van der Waals surface area contributed by atoms with Crippen LogP contribution >= 0.6 is 0 Å². The van der Waals surface area contributed by atoms with Gasteiger partial charge >= 0.3 is 0 Å². The van der Waals surface area contributed by atoms with Crippen LogP contribution in [0.2, 0.25) is 0 Å². The quantitative estimate of drug-likeness (QED) is 0.601. The molecule has 64 valence electrons. The van der Waals surface area contributed by atoms with Crippen LogP contribution in [0.1, 0.15) is 29.9 Å². The Balaban J connectivity index is 2.03. The van der Waals surface area contributed by atoms with Crippen LogP contribution in [-0.2, 0) is 7.05 Å². The molecule has 5 heteroatoms. The molecule has 0 saturated heterocycles. The Labute approximate surface area is 69.8 Å². The summed E-state index contributed by atoms with van der Waals surface area (Å²) >= 11 is 0. The number of aromatic nitrogens is 4. The first-order valence-electron chi connectivity index (χ1n) is 4.03. The zero-order valence-electron chi connectivity index (χ0n) is 6.90. The third-order valence-electron chi connectivity index (χ3n) is 1.93. The highest BCUT2D eigenvalue weighted by Gasteiger charge is 2.26. The van der Waals surface area contributed by atoms with E-state index in [1.165, 1.54) is 17.6 Å². The van der Waals surface area contributed by atoms with Gasteiger partial charge in [-0.3, -0.25) is 4.79 Å². The summed E-state index contributed by atoms with van der Waals surface area (Å²) < 4.78 is 0. The van der Waals surface area contributed by atoms with Crippen molar-refractivity contribution in [2.75, 3.05) is 0 Å². The minimum atomic E-state index is 0.0191. The summed E-state index contributed by atoms with van der Waals surface area (Å²) in [5, 5.41) is 11.1. The molecule has 1 saturated carbocycles. The first-order valence-corrected chi connectivity index (χ1v) is 4.03. The molecular weight excluding hydrogens is 156 g/mol. The summed E-state index contributed by atoms with van der Waals surface area (Å²) in [5.74, 6) is 0.858. The summed E-state index contributed by atoms with van der Waals surface area (Å²) in [6, 6.07) is 0. The Hall–Kier alpha value is -1.26. The number of hydrogen-bond acceptors (Lipinski definition) is 4. The van der Waals surface area contributed by atoms with Gasteiger partial charge in [0.05, 0.1) is 7.05 Å². The predicted molar refractivity (Wildman–Crippen MR) is 40.5 cm³/mol. The molecule has 0 N–H and O–H groups in total. The lowest BCUT2D eigenvalue weighted by molar-refractivity contribution is 0.0965. The van der Waals surface area contributed by atoms with Crippen molar-refractivity contribution in [2.45, 2.75) is 19.3 Å². The van der Waals surface area contributed by atoms with E-state index < -0.39 is 0 Å². The van der Waals surface area contributed by atoms with Gasteiger partial charge in [-0.1, -0.05) is 0 Å². The average molecular weight is 166 g/mol. The first kappa shape index (κ1) is 7.39. The molecule has 1 aromatic rings. The maximum Gasteiger partial charge on any atom is 0.240 e. The number of aryl methyl sites for hydroxylation is 1. The minimum absolute atomic E-state index is 0.0191. The molecule has 1 heterocycles. The van der Waals surface area contributed by atoms with E-state index in [0.29, 0.717) is 12.3 Å². The fraction of sp³-hybridized carbons (Fsp3) is 0.714. The van der Waals surface area contributed by atoms with Gasteiger partial charge in [-0.25, -0.2) is 0 Å². The molecule has 0 aromatic carbocycles. The first-order chi connectivity index (χ1) is 5.75. The molecule has 1 aliphatic carbocycles. The second-order valence-electron chi connectivity index (χ2n) is 3.17. The molecule has 12 heavy (non-hydrogen) atoms. The van der Waals surface area contributed by atoms with Crippen molar-refractivity contribution in [3.63, 3.8) is 0 Å². The Morgan fingerprint density at radius 2 is 2.42 bits per heavy atom. The highest BCUT2D eigenvalue weighted by atomic mass is 16.1. The zero-order chi connectivity index (χ0) is 8.55. The average Bonchev–Trinajstić information content (AvgIpc) is 2.72. The molecule has 0 bridgehead atoms. The van der Waals surface area contributed by atoms with Gasteiger partial charge in [0.2, 0.25) is 11.6 Å². The zero-order valence-corrected chi connectivity index (χ0v) is 6.90. The normalized spacial score (nSPS) is 16.4. The Morgan fingerprint density at radius 3 is 2.92 bits per heavy atom. The maximum absolute atomic E-state index is 11.3. The number of hydrogen-bond donors (Lipinski definition) is 0. The van der Waals surface area contributed by atoms with Crippen LogP contribution < -0.4 is 0 Å². The highest BCUT2D eigenvalue weighted by Crippen LogP contribution is 2.32. The topological polar surface area (TPSA) is 60.7 Å². The van der Waals surface area contributed by atoms with Crippen LogP contribution in [0.15, 0.2) is 0 Å². The van der Waals surface area contributed by atoms with Crippen LogP contribution in [0.5, 0.6) is 0 Å². The van der Waals surface area contributed by atoms with E-state index >= 15 is 0 Å². The molecule has 1 aromatic heterocycles. The smallest absolute Gasteiger partial charge is 0.240 e. The van der Waals surface area contributed by atoms with Crippen LogP contribution in [0, 0.1) is 5.92 Å². The van der Waals surface area contributed by atoms with Gasteiger partial charge in [0.1, 0.15) is 0 Å². The van der Waals surface area contributed by atoms with E-state index in [-0.39, 0.29) is 11.6 Å². The van der Waals surface area contributed by atoms with Gasteiger partial charge in [0, 0.05) is 6.42 Å². The Morgan fingerprint density at radius 1 is 1.67 bits per heavy atom. The fourth-order valence-corrected chi connectivity index (χ4v) is 1.07. The molecule has 1 fully saturated rings. The molecule has 0 atom stereocenters. The van der Waals surface area contributed by atoms with Crippen molar-refractivity contribution in [1.82, 2.24) is 20.2 Å². The SMILES string of the molecule is Cn1nnc(C(=O)CC2CC2)n1. The van der Waals surface area contributed by atoms with Crippen LogP contribution in [0.4, 0.5) is 0 Å². The van der Waals surface area contributed by atoms with E-state index in [1.807, 2.05) is 0 Å². The van der Waals surface area contributed by atoms with Crippen molar-refractivity contribution in [3.05, 3.63) is 5.82 Å². The van der Waals surface area contributed by atoms with E-state index in [4.69, 9.17) is 0 Å². The molecule has 0 aliphatic heterocycles. The molecule has 0 radical (unpaired) electrons. The summed E-state index contributed by atoms with van der Waals surface area (Å²) in [6.07, 6.45) is 2.93. The van der Waals surface area contributed by atoms with Gasteiger partial charge < -0.3 is 0 Å². The number of rotatable bonds is 3. The summed E-state index contributed by atoms with van der Waals surface area (Å²) in [4.78, 5) is 12.6. The summed E-state index contributed by atoms with van der Waals surface area (Å²) in [5.41, 5.74) is 0. The van der Waals surface area contributed by atoms with Crippen LogP contribution in [0.3, 0.4) is 0 Å². The van der Waals surface area contributed by atoms with E-state index in [1.54, 1.807) is 7.05 Å². The van der Waals surface area contributed by atoms with Crippen LogP contribution in [0.25, 0.3) is 0 Å². The number of nitrogens with zero attached hydrogens (tertiary/aromatic N) is 4. The predicted octanol–water partition coefficient (Wildman–Crippen LogP) is 0.193. The van der Waals surface area contributed by atoms with Gasteiger partial charge in [-0.15, -0.1) is 10.2 Å². The molecule has 1 aliphatic rings. The number of ketones is 1. The maximum atomic E-state index is 11.3.